The Morgan fingerprint density at radius 3 is 2.53 bits per heavy atom. The average molecular weight is 279 g/mol. The van der Waals surface area contributed by atoms with Crippen molar-refractivity contribution >= 4 is 22.4 Å². The number of aromatic amines is 1. The van der Waals surface area contributed by atoms with Crippen molar-refractivity contribution in [2.75, 3.05) is 11.5 Å². The lowest BCUT2D eigenvalue weighted by Gasteiger charge is -2.07. The first-order valence-electron chi connectivity index (χ1n) is 5.37. The van der Waals surface area contributed by atoms with Crippen LogP contribution in [0.4, 0.5) is 0 Å². The minimum absolute atomic E-state index is 0.0929. The topological polar surface area (TPSA) is 71.9 Å². The molecule has 0 fully saturated rings. The number of hydrogen-bond donors (Lipinski definition) is 1. The van der Waals surface area contributed by atoms with Crippen LogP contribution in [0, 0.1) is 0 Å². The molecular formula is C10H15ClN2O3S. The zero-order valence-electron chi connectivity index (χ0n) is 9.79. The zero-order chi connectivity index (χ0) is 13.0. The Morgan fingerprint density at radius 2 is 2.00 bits per heavy atom. The lowest BCUT2D eigenvalue weighted by Crippen LogP contribution is -2.38. The Kier molecular flexibility index (Phi) is 5.14. The van der Waals surface area contributed by atoms with E-state index in [0.717, 1.165) is 4.57 Å². The van der Waals surface area contributed by atoms with Crippen LogP contribution in [0.5, 0.6) is 0 Å². The Hall–Kier alpha value is -0.880. The summed E-state index contributed by atoms with van der Waals surface area (Å²) < 4.78 is 12.3. The third-order valence-corrected chi connectivity index (χ3v) is 4.05. The van der Waals surface area contributed by atoms with Crippen molar-refractivity contribution in [3.63, 3.8) is 0 Å². The molecule has 1 aromatic heterocycles. The van der Waals surface area contributed by atoms with Crippen molar-refractivity contribution in [1.82, 2.24) is 9.55 Å². The fraction of sp³-hybridized carbons (Fsp3) is 0.600. The predicted octanol–water partition coefficient (Wildman–Crippen LogP) is 0.521. The van der Waals surface area contributed by atoms with Crippen LogP contribution >= 0.6 is 11.6 Å². The molecule has 0 amide bonds. The van der Waals surface area contributed by atoms with E-state index < -0.39 is 22.0 Å². The van der Waals surface area contributed by atoms with Crippen molar-refractivity contribution in [3.8, 4) is 0 Å². The van der Waals surface area contributed by atoms with E-state index in [1.165, 1.54) is 0 Å². The molecular weight excluding hydrogens is 264 g/mol. The summed E-state index contributed by atoms with van der Waals surface area (Å²) >= 11 is 5.77. The monoisotopic (exact) mass is 278 g/mol. The summed E-state index contributed by atoms with van der Waals surface area (Å²) in [7, 11) is -1.00. The van der Waals surface area contributed by atoms with Crippen LogP contribution in [0.3, 0.4) is 0 Å². The minimum atomic E-state index is -1.00. The molecule has 1 rings (SSSR count). The second-order valence-corrected chi connectivity index (χ2v) is 5.71. The molecule has 0 radical (unpaired) electrons. The van der Waals surface area contributed by atoms with Crippen LogP contribution < -0.4 is 11.2 Å². The molecule has 0 bridgehead atoms. The van der Waals surface area contributed by atoms with Crippen LogP contribution in [-0.2, 0) is 23.8 Å². The van der Waals surface area contributed by atoms with Gasteiger partial charge in [0, 0.05) is 28.9 Å². The molecule has 1 unspecified atom stereocenters. The van der Waals surface area contributed by atoms with Gasteiger partial charge in [-0.3, -0.25) is 18.6 Å². The SMILES string of the molecule is CCc1c(Cl)[nH]c(=O)n(CCS(=O)CC)c1=O. The maximum Gasteiger partial charge on any atom is 0.329 e. The van der Waals surface area contributed by atoms with Crippen LogP contribution in [0.25, 0.3) is 0 Å². The third kappa shape index (κ3) is 3.29. The van der Waals surface area contributed by atoms with Gasteiger partial charge in [-0.15, -0.1) is 0 Å². The number of aromatic nitrogens is 2. The van der Waals surface area contributed by atoms with Crippen LogP contribution in [-0.4, -0.2) is 25.3 Å². The first-order chi connectivity index (χ1) is 8.01. The summed E-state index contributed by atoms with van der Waals surface area (Å²) in [4.78, 5) is 25.9. The van der Waals surface area contributed by atoms with E-state index in [0.29, 0.717) is 23.5 Å². The van der Waals surface area contributed by atoms with Gasteiger partial charge in [-0.2, -0.15) is 0 Å². The van der Waals surface area contributed by atoms with Gasteiger partial charge >= 0.3 is 5.69 Å². The van der Waals surface area contributed by atoms with E-state index in [1.54, 1.807) is 13.8 Å². The maximum atomic E-state index is 11.9. The number of rotatable bonds is 5. The lowest BCUT2D eigenvalue weighted by atomic mass is 10.2. The molecule has 1 atom stereocenters. The molecule has 1 N–H and O–H groups in total. The molecule has 0 saturated carbocycles. The van der Waals surface area contributed by atoms with Gasteiger partial charge in [0.1, 0.15) is 5.15 Å². The van der Waals surface area contributed by atoms with Crippen molar-refractivity contribution in [2.24, 2.45) is 0 Å². The largest absolute Gasteiger partial charge is 0.329 e. The van der Waals surface area contributed by atoms with E-state index >= 15 is 0 Å². The van der Waals surface area contributed by atoms with Gasteiger partial charge in [-0.05, 0) is 6.42 Å². The second-order valence-electron chi connectivity index (χ2n) is 3.47. The quantitative estimate of drug-likeness (QED) is 0.798. The molecule has 1 heterocycles. The number of H-pyrrole nitrogens is 1. The molecule has 7 heteroatoms. The highest BCUT2D eigenvalue weighted by molar-refractivity contribution is 7.84. The molecule has 5 nitrogen and oxygen atoms in total. The first-order valence-corrected chi connectivity index (χ1v) is 7.24. The Morgan fingerprint density at radius 1 is 1.35 bits per heavy atom. The molecule has 0 aromatic carbocycles. The van der Waals surface area contributed by atoms with Crippen molar-refractivity contribution in [3.05, 3.63) is 31.6 Å². The highest BCUT2D eigenvalue weighted by atomic mass is 35.5. The Bertz CT molecular complexity index is 535. The van der Waals surface area contributed by atoms with Gasteiger partial charge < -0.3 is 0 Å². The molecule has 17 heavy (non-hydrogen) atoms. The standard InChI is InChI=1S/C10H15ClN2O3S/c1-3-7-8(11)12-10(15)13(9(7)14)5-6-17(16)4-2/h3-6H2,1-2H3,(H,12,15). The Labute approximate surface area is 106 Å². The van der Waals surface area contributed by atoms with Crippen LogP contribution in [0.1, 0.15) is 19.4 Å². The van der Waals surface area contributed by atoms with Gasteiger partial charge in [-0.25, -0.2) is 4.79 Å². The van der Waals surface area contributed by atoms with Crippen molar-refractivity contribution in [2.45, 2.75) is 26.8 Å². The lowest BCUT2D eigenvalue weighted by molar-refractivity contribution is 0.647. The van der Waals surface area contributed by atoms with Gasteiger partial charge in [0.25, 0.3) is 5.56 Å². The molecule has 1 aromatic rings. The molecule has 96 valence electrons. The number of halogens is 1. The molecule has 0 saturated heterocycles. The molecule has 0 aliphatic rings. The average Bonchev–Trinajstić information content (AvgIpc) is 2.28. The van der Waals surface area contributed by atoms with E-state index in [4.69, 9.17) is 11.6 Å². The van der Waals surface area contributed by atoms with Gasteiger partial charge in [0.2, 0.25) is 0 Å². The van der Waals surface area contributed by atoms with Crippen molar-refractivity contribution < 1.29 is 4.21 Å². The minimum Gasteiger partial charge on any atom is -0.297 e. The second kappa shape index (κ2) is 6.16. The predicted molar refractivity (Wildman–Crippen MR) is 69.3 cm³/mol. The number of nitrogens with one attached hydrogen (secondary N) is 1. The summed E-state index contributed by atoms with van der Waals surface area (Å²) in [5.41, 5.74) is -0.562. The van der Waals surface area contributed by atoms with Gasteiger partial charge in [-0.1, -0.05) is 25.4 Å². The smallest absolute Gasteiger partial charge is 0.297 e. The highest BCUT2D eigenvalue weighted by Gasteiger charge is 2.11. The fourth-order valence-corrected chi connectivity index (χ4v) is 2.40. The van der Waals surface area contributed by atoms with Crippen LogP contribution in [0.15, 0.2) is 9.59 Å². The molecule has 0 aliphatic heterocycles. The number of nitrogens with zero attached hydrogens (tertiary/aromatic N) is 1. The van der Waals surface area contributed by atoms with Crippen LogP contribution in [0.2, 0.25) is 5.15 Å². The summed E-state index contributed by atoms with van der Waals surface area (Å²) in [5.74, 6) is 0.811. The van der Waals surface area contributed by atoms with E-state index in [9.17, 15) is 13.8 Å². The Balaban J connectivity index is 3.12. The normalized spacial score (nSPS) is 12.6. The van der Waals surface area contributed by atoms with Crippen molar-refractivity contribution in [1.29, 1.82) is 0 Å². The number of hydrogen-bond acceptors (Lipinski definition) is 3. The van der Waals surface area contributed by atoms with E-state index in [1.807, 2.05) is 0 Å². The van der Waals surface area contributed by atoms with E-state index in [-0.39, 0.29) is 11.7 Å². The molecule has 0 aliphatic carbocycles. The van der Waals surface area contributed by atoms with Gasteiger partial charge in [0.15, 0.2) is 0 Å². The summed E-state index contributed by atoms with van der Waals surface area (Å²) in [6, 6.07) is 0. The summed E-state index contributed by atoms with van der Waals surface area (Å²) in [6.45, 7) is 3.73. The third-order valence-electron chi connectivity index (χ3n) is 2.45. The fourth-order valence-electron chi connectivity index (χ4n) is 1.43. The van der Waals surface area contributed by atoms with E-state index in [2.05, 4.69) is 4.98 Å². The highest BCUT2D eigenvalue weighted by Crippen LogP contribution is 2.05. The van der Waals surface area contributed by atoms with Gasteiger partial charge in [0.05, 0.1) is 5.56 Å². The zero-order valence-corrected chi connectivity index (χ0v) is 11.4. The maximum absolute atomic E-state index is 11.9. The summed E-state index contributed by atoms with van der Waals surface area (Å²) in [5, 5.41) is 0.0929. The molecule has 0 spiro atoms. The summed E-state index contributed by atoms with van der Waals surface area (Å²) in [6.07, 6.45) is 0.450. The first kappa shape index (κ1) is 14.2.